The van der Waals surface area contributed by atoms with Crippen molar-refractivity contribution in [3.63, 3.8) is 0 Å². The van der Waals surface area contributed by atoms with Crippen molar-refractivity contribution in [3.8, 4) is 0 Å². The van der Waals surface area contributed by atoms with Gasteiger partial charge in [0.1, 0.15) is 5.65 Å². The van der Waals surface area contributed by atoms with Crippen molar-refractivity contribution in [1.82, 2.24) is 14.4 Å². The van der Waals surface area contributed by atoms with Crippen LogP contribution >= 0.6 is 15.9 Å². The van der Waals surface area contributed by atoms with Gasteiger partial charge < -0.3 is 10.1 Å². The molecule has 0 fully saturated rings. The Morgan fingerprint density at radius 3 is 2.92 bits per heavy atom. The summed E-state index contributed by atoms with van der Waals surface area (Å²) in [5, 5.41) is 2.72. The molecule has 0 aliphatic rings. The van der Waals surface area contributed by atoms with Crippen LogP contribution in [0.4, 0.5) is 5.82 Å². The van der Waals surface area contributed by atoms with E-state index in [0.29, 0.717) is 15.7 Å². The van der Waals surface area contributed by atoms with E-state index < -0.39 is 11.9 Å². The van der Waals surface area contributed by atoms with Gasteiger partial charge in [0, 0.05) is 23.1 Å². The van der Waals surface area contributed by atoms with Gasteiger partial charge >= 0.3 is 5.97 Å². The van der Waals surface area contributed by atoms with E-state index in [1.165, 1.54) is 6.20 Å². The molecule has 24 heavy (non-hydrogen) atoms. The highest BCUT2D eigenvalue weighted by Crippen LogP contribution is 2.20. The molecule has 7 nitrogen and oxygen atoms in total. The largest absolute Gasteiger partial charge is 0.461 e. The molecule has 0 aromatic carbocycles. The number of nitrogens with one attached hydrogen (secondary N) is 1. The van der Waals surface area contributed by atoms with E-state index >= 15 is 0 Å². The van der Waals surface area contributed by atoms with Crippen molar-refractivity contribution < 1.29 is 14.3 Å². The lowest BCUT2D eigenvalue weighted by atomic mass is 10.2. The van der Waals surface area contributed by atoms with E-state index in [1.54, 1.807) is 48.0 Å². The van der Waals surface area contributed by atoms with E-state index in [2.05, 4.69) is 31.2 Å². The first-order valence-corrected chi connectivity index (χ1v) is 7.95. The second-order valence-electron chi connectivity index (χ2n) is 4.80. The summed E-state index contributed by atoms with van der Waals surface area (Å²) in [6, 6.07) is 6.94. The van der Waals surface area contributed by atoms with E-state index in [1.807, 2.05) is 0 Å². The highest BCUT2D eigenvalue weighted by atomic mass is 79.9. The van der Waals surface area contributed by atoms with Crippen LogP contribution in [0, 0.1) is 0 Å². The van der Waals surface area contributed by atoms with Gasteiger partial charge in [0.2, 0.25) is 0 Å². The molecule has 0 atom stereocenters. The van der Waals surface area contributed by atoms with Crippen LogP contribution in [-0.4, -0.2) is 32.9 Å². The maximum Gasteiger partial charge on any atom is 0.360 e. The number of aromatic nitrogens is 3. The van der Waals surface area contributed by atoms with Gasteiger partial charge in [-0.2, -0.15) is 0 Å². The Bertz CT molecular complexity index is 923. The van der Waals surface area contributed by atoms with Gasteiger partial charge in [0.15, 0.2) is 11.5 Å². The Kier molecular flexibility index (Phi) is 4.57. The van der Waals surface area contributed by atoms with Crippen LogP contribution in [-0.2, 0) is 4.74 Å². The normalized spacial score (nSPS) is 10.6. The third-order valence-electron chi connectivity index (χ3n) is 3.20. The average molecular weight is 389 g/mol. The zero-order valence-corrected chi connectivity index (χ0v) is 14.3. The van der Waals surface area contributed by atoms with Crippen LogP contribution in [0.1, 0.15) is 27.8 Å². The summed E-state index contributed by atoms with van der Waals surface area (Å²) < 4.78 is 7.32. The molecule has 1 amide bonds. The third-order valence-corrected chi connectivity index (χ3v) is 3.63. The van der Waals surface area contributed by atoms with Crippen LogP contribution in [0.25, 0.3) is 5.65 Å². The number of nitrogens with zero attached hydrogens (tertiary/aromatic N) is 3. The summed E-state index contributed by atoms with van der Waals surface area (Å²) in [7, 11) is 0. The monoisotopic (exact) mass is 388 g/mol. The molecular formula is C16H13BrN4O3. The number of ether oxygens (including phenoxy) is 1. The number of carbonyl (C=O) groups is 2. The first-order chi connectivity index (χ1) is 11.6. The zero-order valence-electron chi connectivity index (χ0n) is 12.7. The Morgan fingerprint density at radius 2 is 2.17 bits per heavy atom. The maximum atomic E-state index is 12.5. The van der Waals surface area contributed by atoms with Gasteiger partial charge in [-0.1, -0.05) is 6.07 Å². The topological polar surface area (TPSA) is 85.6 Å². The zero-order chi connectivity index (χ0) is 17.1. The number of hydrogen-bond acceptors (Lipinski definition) is 5. The quantitative estimate of drug-likeness (QED) is 0.694. The van der Waals surface area contributed by atoms with E-state index in [-0.39, 0.29) is 18.1 Å². The predicted octanol–water partition coefficient (Wildman–Crippen LogP) is 2.92. The highest BCUT2D eigenvalue weighted by molar-refractivity contribution is 9.10. The van der Waals surface area contributed by atoms with Crippen molar-refractivity contribution in [2.75, 3.05) is 11.9 Å². The van der Waals surface area contributed by atoms with Gasteiger partial charge in [0.25, 0.3) is 5.91 Å². The second kappa shape index (κ2) is 6.79. The number of amides is 1. The number of anilines is 1. The smallest absolute Gasteiger partial charge is 0.360 e. The number of pyridine rings is 2. The van der Waals surface area contributed by atoms with Crippen LogP contribution < -0.4 is 5.32 Å². The van der Waals surface area contributed by atoms with Crippen molar-refractivity contribution >= 4 is 39.3 Å². The first kappa shape index (κ1) is 16.1. The molecule has 0 radical (unpaired) electrons. The molecule has 122 valence electrons. The molecular weight excluding hydrogens is 376 g/mol. The lowest BCUT2D eigenvalue weighted by molar-refractivity contribution is 0.0521. The standard InChI is InChI=1S/C16H13BrN4O3/c1-2-24-16(23)13-14(21-6-4-3-5-12(21)19-13)20-15(22)10-7-11(17)9-18-8-10/h3-9H,2H2,1H3,(H,20,22). The summed E-state index contributed by atoms with van der Waals surface area (Å²) in [4.78, 5) is 32.8. The fraction of sp³-hybridized carbons (Fsp3) is 0.125. The molecule has 0 saturated carbocycles. The number of imidazole rings is 1. The first-order valence-electron chi connectivity index (χ1n) is 7.16. The molecule has 0 unspecified atom stereocenters. The Hall–Kier alpha value is -2.74. The maximum absolute atomic E-state index is 12.5. The molecule has 8 heteroatoms. The van der Waals surface area contributed by atoms with E-state index in [4.69, 9.17) is 4.74 Å². The molecule has 3 aromatic rings. The van der Waals surface area contributed by atoms with Gasteiger partial charge in [-0.05, 0) is 41.1 Å². The van der Waals surface area contributed by atoms with Crippen LogP contribution in [0.2, 0.25) is 0 Å². The number of esters is 1. The highest BCUT2D eigenvalue weighted by Gasteiger charge is 2.22. The van der Waals surface area contributed by atoms with E-state index in [9.17, 15) is 9.59 Å². The number of halogens is 1. The van der Waals surface area contributed by atoms with Crippen LogP contribution in [0.5, 0.6) is 0 Å². The minimum Gasteiger partial charge on any atom is -0.461 e. The summed E-state index contributed by atoms with van der Waals surface area (Å²) in [5.74, 6) is -0.738. The Balaban J connectivity index is 2.02. The van der Waals surface area contributed by atoms with Gasteiger partial charge in [-0.15, -0.1) is 0 Å². The second-order valence-corrected chi connectivity index (χ2v) is 5.72. The van der Waals surface area contributed by atoms with Crippen molar-refractivity contribution in [1.29, 1.82) is 0 Å². The van der Waals surface area contributed by atoms with Crippen LogP contribution in [0.3, 0.4) is 0 Å². The summed E-state index contributed by atoms with van der Waals surface area (Å²) in [5.41, 5.74) is 0.938. The average Bonchev–Trinajstić information content (AvgIpc) is 2.94. The predicted molar refractivity (Wildman–Crippen MR) is 91.0 cm³/mol. The summed E-state index contributed by atoms with van der Waals surface area (Å²) >= 11 is 3.27. The molecule has 0 spiro atoms. The fourth-order valence-electron chi connectivity index (χ4n) is 2.17. The van der Waals surface area contributed by atoms with Crippen molar-refractivity contribution in [2.24, 2.45) is 0 Å². The molecule has 0 saturated heterocycles. The minimum absolute atomic E-state index is 0.0550. The molecule has 3 rings (SSSR count). The number of hydrogen-bond donors (Lipinski definition) is 1. The van der Waals surface area contributed by atoms with Gasteiger partial charge in [-0.25, -0.2) is 9.78 Å². The van der Waals surface area contributed by atoms with Crippen molar-refractivity contribution in [2.45, 2.75) is 6.92 Å². The summed E-state index contributed by atoms with van der Waals surface area (Å²) in [6.07, 6.45) is 4.72. The van der Waals surface area contributed by atoms with Gasteiger partial charge in [0.05, 0.1) is 12.2 Å². The lowest BCUT2D eigenvalue weighted by Crippen LogP contribution is -2.17. The number of fused-ring (bicyclic) bond motifs is 1. The van der Waals surface area contributed by atoms with Gasteiger partial charge in [-0.3, -0.25) is 14.2 Å². The fourth-order valence-corrected chi connectivity index (χ4v) is 2.54. The molecule has 0 bridgehead atoms. The minimum atomic E-state index is -0.594. The van der Waals surface area contributed by atoms with Crippen LogP contribution in [0.15, 0.2) is 47.3 Å². The van der Waals surface area contributed by atoms with Crippen molar-refractivity contribution in [3.05, 3.63) is 58.6 Å². The Labute approximate surface area is 145 Å². The SMILES string of the molecule is CCOC(=O)c1nc2ccccn2c1NC(=O)c1cncc(Br)c1. The lowest BCUT2D eigenvalue weighted by Gasteiger charge is -2.07. The molecule has 0 aliphatic carbocycles. The summed E-state index contributed by atoms with van der Waals surface area (Å²) in [6.45, 7) is 1.93. The molecule has 0 aliphatic heterocycles. The Morgan fingerprint density at radius 1 is 1.33 bits per heavy atom. The number of rotatable bonds is 4. The molecule has 1 N–H and O–H groups in total. The molecule has 3 aromatic heterocycles. The molecule has 3 heterocycles. The number of carbonyl (C=O) groups excluding carboxylic acids is 2. The van der Waals surface area contributed by atoms with E-state index in [0.717, 1.165) is 0 Å². The third kappa shape index (κ3) is 3.13.